The van der Waals surface area contributed by atoms with Gasteiger partial charge in [-0.15, -0.1) is 16.9 Å². The summed E-state index contributed by atoms with van der Waals surface area (Å²) >= 11 is 1.35. The van der Waals surface area contributed by atoms with Crippen molar-refractivity contribution in [3.8, 4) is 29.1 Å². The van der Waals surface area contributed by atoms with Crippen LogP contribution in [0.3, 0.4) is 0 Å². The van der Waals surface area contributed by atoms with Crippen molar-refractivity contribution in [2.75, 3.05) is 37.7 Å². The molecule has 0 radical (unpaired) electrons. The Bertz CT molecular complexity index is 1400. The molecule has 0 unspecified atom stereocenters. The van der Waals surface area contributed by atoms with Crippen LogP contribution in [0.2, 0.25) is 0 Å². The van der Waals surface area contributed by atoms with Gasteiger partial charge < -0.3 is 15.0 Å². The Labute approximate surface area is 196 Å². The van der Waals surface area contributed by atoms with Crippen LogP contribution in [-0.4, -0.2) is 42.1 Å². The molecule has 0 amide bonds. The number of hydrogen-bond acceptors (Lipinski definition) is 8. The number of aromatic nitrogens is 3. The van der Waals surface area contributed by atoms with Crippen molar-refractivity contribution in [3.05, 3.63) is 59.7 Å². The zero-order chi connectivity index (χ0) is 23.5. The number of nitrogens with zero attached hydrogens (tertiary/aromatic N) is 6. The molecular formula is C24H21N7OS. The molecule has 0 saturated carbocycles. The second kappa shape index (κ2) is 9.11. The molecule has 164 valence electrons. The van der Waals surface area contributed by atoms with E-state index in [1.54, 1.807) is 11.6 Å². The summed E-state index contributed by atoms with van der Waals surface area (Å²) in [5.74, 6) is 1.08. The van der Waals surface area contributed by atoms with E-state index in [1.165, 1.54) is 11.8 Å². The standard InChI is InChI=1S/C24H21N7OS/c1-30(2)17-9-7-16(8-10-17)27-22-20(14-26)23-28-24(33-4)19(13-25)21(31(23)29-22)15-5-11-18(32-3)12-6-15/h5-12H,1-4H3,(H,27,29). The lowest BCUT2D eigenvalue weighted by atomic mass is 10.1. The SMILES string of the molecule is COc1ccc(-c2c(C#N)c(SC)nc3c(C#N)c(Nc4ccc(N(C)C)cc4)nn23)cc1. The number of thioether (sulfide) groups is 1. The van der Waals surface area contributed by atoms with Gasteiger partial charge in [0.15, 0.2) is 11.5 Å². The molecule has 4 rings (SSSR count). The lowest BCUT2D eigenvalue weighted by Gasteiger charge is -2.12. The summed E-state index contributed by atoms with van der Waals surface area (Å²) in [6.45, 7) is 0. The Balaban J connectivity index is 1.92. The molecule has 1 N–H and O–H groups in total. The number of anilines is 3. The molecule has 2 heterocycles. The minimum Gasteiger partial charge on any atom is -0.497 e. The van der Waals surface area contributed by atoms with Gasteiger partial charge in [0.25, 0.3) is 0 Å². The van der Waals surface area contributed by atoms with Crippen LogP contribution < -0.4 is 15.0 Å². The highest BCUT2D eigenvalue weighted by molar-refractivity contribution is 7.98. The fourth-order valence-corrected chi connectivity index (χ4v) is 3.99. The first kappa shape index (κ1) is 22.0. The smallest absolute Gasteiger partial charge is 0.177 e. The van der Waals surface area contributed by atoms with Crippen LogP contribution >= 0.6 is 11.8 Å². The molecule has 0 aliphatic carbocycles. The average Bonchev–Trinajstić information content (AvgIpc) is 3.19. The minimum absolute atomic E-state index is 0.307. The number of fused-ring (bicyclic) bond motifs is 1. The number of nitriles is 2. The van der Waals surface area contributed by atoms with Gasteiger partial charge in [-0.1, -0.05) is 0 Å². The molecule has 0 fully saturated rings. The average molecular weight is 456 g/mol. The fourth-order valence-electron chi connectivity index (χ4n) is 3.46. The monoisotopic (exact) mass is 455 g/mol. The Morgan fingerprint density at radius 3 is 2.21 bits per heavy atom. The van der Waals surface area contributed by atoms with Gasteiger partial charge in [0.05, 0.1) is 12.8 Å². The molecule has 0 spiro atoms. The first-order valence-electron chi connectivity index (χ1n) is 10.0. The summed E-state index contributed by atoms with van der Waals surface area (Å²) in [5, 5.41) is 28.3. The maximum atomic E-state index is 9.94. The summed E-state index contributed by atoms with van der Waals surface area (Å²) in [7, 11) is 5.55. The number of nitrogens with one attached hydrogen (secondary N) is 1. The molecule has 4 aromatic rings. The Hall–Kier alpha value is -4.21. The van der Waals surface area contributed by atoms with E-state index in [2.05, 4.69) is 27.5 Å². The molecule has 0 aliphatic heterocycles. The van der Waals surface area contributed by atoms with Crippen molar-refractivity contribution in [2.45, 2.75) is 5.03 Å². The topological polar surface area (TPSA) is 102 Å². The van der Waals surface area contributed by atoms with Gasteiger partial charge >= 0.3 is 0 Å². The molecular weight excluding hydrogens is 434 g/mol. The number of hydrogen-bond donors (Lipinski definition) is 1. The molecule has 2 aromatic heterocycles. The van der Waals surface area contributed by atoms with Crippen LogP contribution in [0, 0.1) is 22.7 Å². The summed E-state index contributed by atoms with van der Waals surface area (Å²) in [5.41, 5.74) is 4.28. The molecule has 0 atom stereocenters. The molecule has 9 heteroatoms. The van der Waals surface area contributed by atoms with Gasteiger partial charge in [0, 0.05) is 31.0 Å². The van der Waals surface area contributed by atoms with E-state index in [4.69, 9.17) is 4.74 Å². The van der Waals surface area contributed by atoms with Crippen molar-refractivity contribution in [1.29, 1.82) is 10.5 Å². The van der Waals surface area contributed by atoms with Gasteiger partial charge in [-0.2, -0.15) is 10.5 Å². The van der Waals surface area contributed by atoms with Crippen LogP contribution in [0.1, 0.15) is 11.1 Å². The third kappa shape index (κ3) is 4.02. The quantitative estimate of drug-likeness (QED) is 0.330. The van der Waals surface area contributed by atoms with Crippen molar-refractivity contribution >= 4 is 34.6 Å². The van der Waals surface area contributed by atoms with Gasteiger partial charge in [-0.3, -0.25) is 0 Å². The van der Waals surface area contributed by atoms with Crippen LogP contribution in [-0.2, 0) is 0 Å². The number of ether oxygens (including phenoxy) is 1. The number of benzene rings is 2. The van der Waals surface area contributed by atoms with E-state index in [0.717, 1.165) is 16.9 Å². The van der Waals surface area contributed by atoms with E-state index in [-0.39, 0.29) is 0 Å². The summed E-state index contributed by atoms with van der Waals surface area (Å²) in [6, 6.07) is 19.7. The maximum absolute atomic E-state index is 9.94. The highest BCUT2D eigenvalue weighted by Gasteiger charge is 2.23. The van der Waals surface area contributed by atoms with Crippen molar-refractivity contribution in [2.24, 2.45) is 0 Å². The van der Waals surface area contributed by atoms with E-state index in [0.29, 0.717) is 39.1 Å². The molecule has 0 saturated heterocycles. The fraction of sp³-hybridized carbons (Fsp3) is 0.167. The lowest BCUT2D eigenvalue weighted by Crippen LogP contribution is -2.08. The zero-order valence-corrected chi connectivity index (χ0v) is 19.4. The number of methoxy groups -OCH3 is 1. The third-order valence-electron chi connectivity index (χ3n) is 5.16. The first-order chi connectivity index (χ1) is 16.0. The highest BCUT2D eigenvalue weighted by Crippen LogP contribution is 2.34. The molecule has 2 aromatic carbocycles. The van der Waals surface area contributed by atoms with Gasteiger partial charge in [0.1, 0.15) is 34.0 Å². The normalized spacial score (nSPS) is 10.5. The zero-order valence-electron chi connectivity index (χ0n) is 18.6. The Kier molecular flexibility index (Phi) is 6.07. The molecule has 8 nitrogen and oxygen atoms in total. The van der Waals surface area contributed by atoms with Gasteiger partial charge in [-0.25, -0.2) is 9.50 Å². The second-order valence-corrected chi connectivity index (χ2v) is 8.12. The Morgan fingerprint density at radius 1 is 1.00 bits per heavy atom. The summed E-state index contributed by atoms with van der Waals surface area (Å²) in [4.78, 5) is 6.61. The molecule has 33 heavy (non-hydrogen) atoms. The van der Waals surface area contributed by atoms with E-state index in [9.17, 15) is 10.5 Å². The largest absolute Gasteiger partial charge is 0.497 e. The summed E-state index contributed by atoms with van der Waals surface area (Å²) < 4.78 is 6.83. The maximum Gasteiger partial charge on any atom is 0.177 e. The van der Waals surface area contributed by atoms with E-state index >= 15 is 0 Å². The van der Waals surface area contributed by atoms with Crippen LogP contribution in [0.25, 0.3) is 16.9 Å². The predicted octanol–water partition coefficient (Wildman–Crippen LogP) is 4.68. The van der Waals surface area contributed by atoms with Gasteiger partial charge in [0.2, 0.25) is 0 Å². The van der Waals surface area contributed by atoms with E-state index in [1.807, 2.05) is 73.8 Å². The minimum atomic E-state index is 0.307. The Morgan fingerprint density at radius 2 is 1.67 bits per heavy atom. The number of rotatable bonds is 6. The lowest BCUT2D eigenvalue weighted by molar-refractivity contribution is 0.415. The molecule has 0 aliphatic rings. The van der Waals surface area contributed by atoms with Crippen molar-refractivity contribution in [1.82, 2.24) is 14.6 Å². The van der Waals surface area contributed by atoms with E-state index < -0.39 is 0 Å². The summed E-state index contributed by atoms with van der Waals surface area (Å²) in [6.07, 6.45) is 1.85. The van der Waals surface area contributed by atoms with Crippen LogP contribution in [0.4, 0.5) is 17.2 Å². The predicted molar refractivity (Wildman–Crippen MR) is 130 cm³/mol. The van der Waals surface area contributed by atoms with Crippen molar-refractivity contribution in [3.63, 3.8) is 0 Å². The second-order valence-electron chi connectivity index (χ2n) is 7.32. The van der Waals surface area contributed by atoms with Gasteiger partial charge in [-0.05, 0) is 54.8 Å². The third-order valence-corrected chi connectivity index (χ3v) is 5.84. The van der Waals surface area contributed by atoms with Crippen LogP contribution in [0.15, 0.2) is 53.6 Å². The first-order valence-corrected chi connectivity index (χ1v) is 11.2. The van der Waals surface area contributed by atoms with Crippen molar-refractivity contribution < 1.29 is 4.74 Å². The highest BCUT2D eigenvalue weighted by atomic mass is 32.2. The van der Waals surface area contributed by atoms with Crippen LogP contribution in [0.5, 0.6) is 5.75 Å². The molecule has 0 bridgehead atoms.